The van der Waals surface area contributed by atoms with E-state index in [0.717, 1.165) is 34.5 Å². The number of aromatic amines is 1. The van der Waals surface area contributed by atoms with Gasteiger partial charge in [-0.2, -0.15) is 5.10 Å². The average Bonchev–Trinajstić information content (AvgIpc) is 3.19. The first-order valence-electron chi connectivity index (χ1n) is 9.32. The number of nitrogens with zero attached hydrogens (tertiary/aromatic N) is 4. The zero-order chi connectivity index (χ0) is 20.4. The van der Waals surface area contributed by atoms with Crippen LogP contribution in [0.15, 0.2) is 53.9 Å². The van der Waals surface area contributed by atoms with Gasteiger partial charge in [-0.15, -0.1) is 0 Å². The molecule has 1 aliphatic heterocycles. The highest BCUT2D eigenvalue weighted by Crippen LogP contribution is 2.40. The summed E-state index contributed by atoms with van der Waals surface area (Å²) in [5, 5.41) is 21.2. The Hall–Kier alpha value is -3.19. The van der Waals surface area contributed by atoms with Gasteiger partial charge in [-0.3, -0.25) is 19.8 Å². The molecule has 0 spiro atoms. The van der Waals surface area contributed by atoms with E-state index >= 15 is 0 Å². The number of amidine groups is 1. The molecule has 1 atom stereocenters. The van der Waals surface area contributed by atoms with Gasteiger partial charge in [0, 0.05) is 60.0 Å². The van der Waals surface area contributed by atoms with Crippen LogP contribution >= 0.6 is 11.6 Å². The Morgan fingerprint density at radius 2 is 1.93 bits per heavy atom. The first-order chi connectivity index (χ1) is 14.1. The number of rotatable bonds is 3. The van der Waals surface area contributed by atoms with E-state index in [1.165, 1.54) is 11.8 Å². The minimum absolute atomic E-state index is 0.0354. The number of carbonyl (C=O) groups is 1. The lowest BCUT2D eigenvalue weighted by Crippen LogP contribution is -2.41. The van der Waals surface area contributed by atoms with Gasteiger partial charge in [-0.25, -0.2) is 0 Å². The SMILES string of the molecule is CC(=O)N1CCC(c2[nH]nc(-c3ccc(Cl)cc3)c2-c2ccncc2)CC1=NO. The first kappa shape index (κ1) is 19.1. The van der Waals surface area contributed by atoms with Crippen molar-refractivity contribution in [3.05, 3.63) is 59.5 Å². The standard InChI is InChI=1S/C21H20ClN5O2/c1-13(28)27-11-8-16(12-18(27)26-29)21-19(14-6-9-23-10-7-14)20(24-25-21)15-2-4-17(22)5-3-15/h2-7,9-10,16,29H,8,11-12H2,1H3,(H,24,25). The predicted octanol–water partition coefficient (Wildman–Crippen LogP) is 4.31. The third-order valence-electron chi connectivity index (χ3n) is 5.23. The molecule has 1 fully saturated rings. The maximum Gasteiger partial charge on any atom is 0.224 e. The van der Waals surface area contributed by atoms with Crippen molar-refractivity contribution in [3.8, 4) is 22.4 Å². The molecule has 2 aromatic heterocycles. The molecule has 0 radical (unpaired) electrons. The number of aromatic nitrogens is 3. The molecule has 1 saturated heterocycles. The second-order valence-electron chi connectivity index (χ2n) is 6.98. The maximum atomic E-state index is 11.8. The Balaban J connectivity index is 1.78. The fourth-order valence-corrected chi connectivity index (χ4v) is 3.93. The van der Waals surface area contributed by atoms with Crippen LogP contribution in [0.5, 0.6) is 0 Å². The van der Waals surface area contributed by atoms with Crippen molar-refractivity contribution in [2.24, 2.45) is 5.16 Å². The van der Waals surface area contributed by atoms with Gasteiger partial charge in [-0.1, -0.05) is 28.9 Å². The largest absolute Gasteiger partial charge is 0.409 e. The van der Waals surface area contributed by atoms with Gasteiger partial charge in [0.1, 0.15) is 5.69 Å². The molecule has 1 amide bonds. The normalized spacial score (nSPS) is 18.2. The lowest BCUT2D eigenvalue weighted by Gasteiger charge is -2.31. The summed E-state index contributed by atoms with van der Waals surface area (Å²) in [7, 11) is 0. The number of amides is 1. The van der Waals surface area contributed by atoms with Crippen LogP contribution in [0.1, 0.15) is 31.4 Å². The molecule has 0 aliphatic carbocycles. The molecule has 148 valence electrons. The number of carbonyl (C=O) groups excluding carboxylic acids is 1. The Kier molecular flexibility index (Phi) is 5.31. The van der Waals surface area contributed by atoms with Crippen LogP contribution in [-0.2, 0) is 4.79 Å². The van der Waals surface area contributed by atoms with Crippen LogP contribution in [0.2, 0.25) is 5.02 Å². The Labute approximate surface area is 173 Å². The molecule has 1 aromatic carbocycles. The van der Waals surface area contributed by atoms with Crippen molar-refractivity contribution in [1.29, 1.82) is 0 Å². The molecule has 29 heavy (non-hydrogen) atoms. The monoisotopic (exact) mass is 409 g/mol. The highest BCUT2D eigenvalue weighted by atomic mass is 35.5. The molecular formula is C21H20ClN5O2. The van der Waals surface area contributed by atoms with E-state index in [0.29, 0.717) is 23.8 Å². The Morgan fingerprint density at radius 1 is 1.21 bits per heavy atom. The molecule has 7 nitrogen and oxygen atoms in total. The van der Waals surface area contributed by atoms with Crippen LogP contribution in [-0.4, -0.2) is 43.6 Å². The summed E-state index contributed by atoms with van der Waals surface area (Å²) >= 11 is 6.05. The number of oxime groups is 1. The van der Waals surface area contributed by atoms with Gasteiger partial charge < -0.3 is 5.21 Å². The van der Waals surface area contributed by atoms with Crippen LogP contribution in [0, 0.1) is 0 Å². The third-order valence-corrected chi connectivity index (χ3v) is 5.48. The average molecular weight is 410 g/mol. The summed E-state index contributed by atoms with van der Waals surface area (Å²) in [6.07, 6.45) is 4.67. The topological polar surface area (TPSA) is 94.5 Å². The maximum absolute atomic E-state index is 11.8. The van der Waals surface area contributed by atoms with Gasteiger partial charge in [0.2, 0.25) is 5.91 Å². The van der Waals surface area contributed by atoms with E-state index in [1.54, 1.807) is 12.4 Å². The quantitative estimate of drug-likeness (QED) is 0.498. The number of hydrogen-bond donors (Lipinski definition) is 2. The fourth-order valence-electron chi connectivity index (χ4n) is 3.81. The first-order valence-corrected chi connectivity index (χ1v) is 9.70. The van der Waals surface area contributed by atoms with Crippen LogP contribution in [0.4, 0.5) is 0 Å². The second-order valence-corrected chi connectivity index (χ2v) is 7.42. The third kappa shape index (κ3) is 3.73. The van der Waals surface area contributed by atoms with Gasteiger partial charge in [-0.05, 0) is 36.2 Å². The Bertz CT molecular complexity index is 1050. The number of nitrogens with one attached hydrogen (secondary N) is 1. The minimum Gasteiger partial charge on any atom is -0.409 e. The molecule has 1 aliphatic rings. The van der Waals surface area contributed by atoms with Gasteiger partial charge in [0.15, 0.2) is 5.84 Å². The number of benzene rings is 1. The molecule has 0 bridgehead atoms. The van der Waals surface area contributed by atoms with E-state index in [2.05, 4.69) is 20.3 Å². The summed E-state index contributed by atoms with van der Waals surface area (Å²) in [5.74, 6) is 0.280. The van der Waals surface area contributed by atoms with E-state index in [1.807, 2.05) is 36.4 Å². The van der Waals surface area contributed by atoms with Crippen LogP contribution in [0.3, 0.4) is 0 Å². The zero-order valence-electron chi connectivity index (χ0n) is 15.8. The minimum atomic E-state index is -0.128. The van der Waals surface area contributed by atoms with E-state index < -0.39 is 0 Å². The highest BCUT2D eigenvalue weighted by molar-refractivity contribution is 6.30. The molecule has 4 rings (SSSR count). The molecule has 1 unspecified atom stereocenters. The number of H-pyrrole nitrogens is 1. The zero-order valence-corrected chi connectivity index (χ0v) is 16.6. The molecule has 2 N–H and O–H groups in total. The molecule has 8 heteroatoms. The van der Waals surface area contributed by atoms with Crippen LogP contribution < -0.4 is 0 Å². The number of likely N-dealkylation sites (tertiary alicyclic amines) is 1. The van der Waals surface area contributed by atoms with E-state index in [-0.39, 0.29) is 11.8 Å². The fraction of sp³-hybridized carbons (Fsp3) is 0.238. The van der Waals surface area contributed by atoms with Crippen molar-refractivity contribution in [2.75, 3.05) is 6.54 Å². The van der Waals surface area contributed by atoms with Crippen molar-refractivity contribution in [2.45, 2.75) is 25.7 Å². The second kappa shape index (κ2) is 8.05. The van der Waals surface area contributed by atoms with E-state index in [9.17, 15) is 10.0 Å². The van der Waals surface area contributed by atoms with Gasteiger partial charge >= 0.3 is 0 Å². The molecular weight excluding hydrogens is 390 g/mol. The number of halogens is 1. The summed E-state index contributed by atoms with van der Waals surface area (Å²) in [6.45, 7) is 1.97. The van der Waals surface area contributed by atoms with Crippen molar-refractivity contribution in [1.82, 2.24) is 20.1 Å². The van der Waals surface area contributed by atoms with Crippen molar-refractivity contribution in [3.63, 3.8) is 0 Å². The smallest absolute Gasteiger partial charge is 0.224 e. The number of hydrogen-bond acceptors (Lipinski definition) is 5. The summed E-state index contributed by atoms with van der Waals surface area (Å²) < 4.78 is 0. The molecule has 3 heterocycles. The lowest BCUT2D eigenvalue weighted by atomic mass is 9.87. The summed E-state index contributed by atoms with van der Waals surface area (Å²) in [5.41, 5.74) is 4.68. The molecule has 0 saturated carbocycles. The Morgan fingerprint density at radius 3 is 2.59 bits per heavy atom. The van der Waals surface area contributed by atoms with Crippen LogP contribution in [0.25, 0.3) is 22.4 Å². The number of piperidine rings is 1. The predicted molar refractivity (Wildman–Crippen MR) is 111 cm³/mol. The lowest BCUT2D eigenvalue weighted by molar-refractivity contribution is -0.125. The summed E-state index contributed by atoms with van der Waals surface area (Å²) in [4.78, 5) is 17.4. The summed E-state index contributed by atoms with van der Waals surface area (Å²) in [6, 6.07) is 11.4. The van der Waals surface area contributed by atoms with Gasteiger partial charge in [0.05, 0.1) is 0 Å². The highest BCUT2D eigenvalue weighted by Gasteiger charge is 2.32. The van der Waals surface area contributed by atoms with E-state index in [4.69, 9.17) is 11.6 Å². The van der Waals surface area contributed by atoms with Gasteiger partial charge in [0.25, 0.3) is 0 Å². The van der Waals surface area contributed by atoms with Crippen molar-refractivity contribution < 1.29 is 10.0 Å². The molecule has 3 aromatic rings. The van der Waals surface area contributed by atoms with Crippen molar-refractivity contribution >= 4 is 23.3 Å². The number of pyridine rings is 1.